The second kappa shape index (κ2) is 7.05. The second-order valence-electron chi connectivity index (χ2n) is 7.27. The molecule has 3 aliphatic heterocycles. The van der Waals surface area contributed by atoms with E-state index in [9.17, 15) is 9.59 Å². The third-order valence-electron chi connectivity index (χ3n) is 5.27. The van der Waals surface area contributed by atoms with Gasteiger partial charge in [0.15, 0.2) is 11.5 Å². The summed E-state index contributed by atoms with van der Waals surface area (Å²) in [6.07, 6.45) is 2.22. The zero-order valence-electron chi connectivity index (χ0n) is 15.1. The van der Waals surface area contributed by atoms with Crippen molar-refractivity contribution in [2.75, 3.05) is 50.8 Å². The molecule has 26 heavy (non-hydrogen) atoms. The summed E-state index contributed by atoms with van der Waals surface area (Å²) < 4.78 is 11.1. The lowest BCUT2D eigenvalue weighted by Gasteiger charge is -2.32. The number of amides is 3. The first kappa shape index (κ1) is 17.0. The predicted octanol–water partition coefficient (Wildman–Crippen LogP) is 1.96. The smallest absolute Gasteiger partial charge is 0.325 e. The highest BCUT2D eigenvalue weighted by Crippen LogP contribution is 2.35. The number of nitrogens with zero attached hydrogens (tertiary/aromatic N) is 3. The molecule has 0 radical (unpaired) electrons. The molecular weight excluding hydrogens is 334 g/mol. The van der Waals surface area contributed by atoms with Gasteiger partial charge < -0.3 is 19.3 Å². The van der Waals surface area contributed by atoms with E-state index in [0.29, 0.717) is 43.7 Å². The van der Waals surface area contributed by atoms with Crippen molar-refractivity contribution in [3.05, 3.63) is 18.2 Å². The number of carbonyl (C=O) groups excluding carboxylic acids is 2. The van der Waals surface area contributed by atoms with Gasteiger partial charge in [0, 0.05) is 37.9 Å². The average Bonchev–Trinajstić information content (AvgIpc) is 3.02. The van der Waals surface area contributed by atoms with Crippen LogP contribution in [0.4, 0.5) is 10.5 Å². The Kier molecular flexibility index (Phi) is 4.61. The van der Waals surface area contributed by atoms with E-state index in [4.69, 9.17) is 9.47 Å². The Hall–Kier alpha value is -2.44. The largest absolute Gasteiger partial charge is 0.486 e. The van der Waals surface area contributed by atoms with Crippen molar-refractivity contribution in [2.24, 2.45) is 5.92 Å². The minimum atomic E-state index is -0.125. The van der Waals surface area contributed by atoms with E-state index in [0.717, 1.165) is 25.2 Å². The highest BCUT2D eigenvalue weighted by Gasteiger charge is 2.33. The van der Waals surface area contributed by atoms with Crippen LogP contribution in [0, 0.1) is 5.92 Å². The van der Waals surface area contributed by atoms with E-state index >= 15 is 0 Å². The highest BCUT2D eigenvalue weighted by atomic mass is 16.6. The fourth-order valence-electron chi connectivity index (χ4n) is 3.85. The number of anilines is 1. The van der Waals surface area contributed by atoms with Crippen LogP contribution in [0.5, 0.6) is 11.5 Å². The first-order valence-electron chi connectivity index (χ1n) is 9.35. The minimum absolute atomic E-state index is 0.0499. The summed E-state index contributed by atoms with van der Waals surface area (Å²) in [5, 5.41) is 0. The molecule has 7 nitrogen and oxygen atoms in total. The lowest BCUT2D eigenvalue weighted by atomic mass is 10.0. The maximum Gasteiger partial charge on any atom is 0.325 e. The van der Waals surface area contributed by atoms with Crippen LogP contribution in [0.15, 0.2) is 18.2 Å². The molecule has 1 atom stereocenters. The van der Waals surface area contributed by atoms with Crippen molar-refractivity contribution in [1.29, 1.82) is 0 Å². The Morgan fingerprint density at radius 3 is 2.77 bits per heavy atom. The van der Waals surface area contributed by atoms with Crippen LogP contribution in [0.2, 0.25) is 0 Å². The Morgan fingerprint density at radius 1 is 1.15 bits per heavy atom. The number of ether oxygens (including phenoxy) is 2. The number of benzene rings is 1. The number of carbonyl (C=O) groups is 2. The third kappa shape index (κ3) is 3.30. The van der Waals surface area contributed by atoms with Crippen LogP contribution in [-0.4, -0.2) is 67.7 Å². The van der Waals surface area contributed by atoms with Crippen LogP contribution in [0.1, 0.15) is 19.8 Å². The SMILES string of the molecule is C[C@@H]1CCCN(C(=O)CN2CCN(c3ccc4c(c3)OCCO4)C2=O)C1. The molecule has 0 saturated carbocycles. The van der Waals surface area contributed by atoms with Crippen molar-refractivity contribution in [3.63, 3.8) is 0 Å². The number of rotatable bonds is 3. The Labute approximate surface area is 153 Å². The van der Waals surface area contributed by atoms with Gasteiger partial charge in [-0.1, -0.05) is 6.92 Å². The normalized spacial score (nSPS) is 22.7. The number of hydrogen-bond donors (Lipinski definition) is 0. The molecule has 0 aromatic heterocycles. The molecule has 3 aliphatic rings. The number of urea groups is 1. The third-order valence-corrected chi connectivity index (χ3v) is 5.27. The maximum atomic E-state index is 12.8. The maximum absolute atomic E-state index is 12.8. The van der Waals surface area contributed by atoms with Crippen molar-refractivity contribution in [1.82, 2.24) is 9.80 Å². The van der Waals surface area contributed by atoms with E-state index in [1.165, 1.54) is 6.42 Å². The molecule has 0 unspecified atom stereocenters. The van der Waals surface area contributed by atoms with E-state index in [2.05, 4.69) is 6.92 Å². The molecule has 2 fully saturated rings. The summed E-state index contributed by atoms with van der Waals surface area (Å²) in [6.45, 7) is 6.12. The van der Waals surface area contributed by atoms with E-state index in [1.807, 2.05) is 23.1 Å². The average molecular weight is 359 g/mol. The molecule has 7 heteroatoms. The summed E-state index contributed by atoms with van der Waals surface area (Å²) in [5.41, 5.74) is 0.779. The quantitative estimate of drug-likeness (QED) is 0.828. The van der Waals surface area contributed by atoms with E-state index < -0.39 is 0 Å². The zero-order valence-corrected chi connectivity index (χ0v) is 15.1. The molecule has 3 heterocycles. The summed E-state index contributed by atoms with van der Waals surface area (Å²) in [7, 11) is 0. The summed E-state index contributed by atoms with van der Waals surface area (Å²) in [4.78, 5) is 30.6. The van der Waals surface area contributed by atoms with Crippen molar-refractivity contribution in [3.8, 4) is 11.5 Å². The number of fused-ring (bicyclic) bond motifs is 1. The Balaban J connectivity index is 1.41. The van der Waals surface area contributed by atoms with E-state index in [1.54, 1.807) is 9.80 Å². The minimum Gasteiger partial charge on any atom is -0.486 e. The van der Waals surface area contributed by atoms with Gasteiger partial charge in [-0.3, -0.25) is 9.69 Å². The molecule has 1 aromatic carbocycles. The van der Waals surface area contributed by atoms with Crippen molar-refractivity contribution < 1.29 is 19.1 Å². The van der Waals surface area contributed by atoms with Gasteiger partial charge in [-0.05, 0) is 30.9 Å². The van der Waals surface area contributed by atoms with Gasteiger partial charge in [0.05, 0.1) is 0 Å². The lowest BCUT2D eigenvalue weighted by Crippen LogP contribution is -2.45. The summed E-state index contributed by atoms with van der Waals surface area (Å²) in [5.74, 6) is 1.96. The lowest BCUT2D eigenvalue weighted by molar-refractivity contribution is -0.133. The van der Waals surface area contributed by atoms with Gasteiger partial charge in [-0.2, -0.15) is 0 Å². The summed E-state index contributed by atoms with van der Waals surface area (Å²) in [6, 6.07) is 5.41. The number of piperidine rings is 1. The Morgan fingerprint density at radius 2 is 1.96 bits per heavy atom. The summed E-state index contributed by atoms with van der Waals surface area (Å²) >= 11 is 0. The Bertz CT molecular complexity index is 708. The van der Waals surface area contributed by atoms with Gasteiger partial charge in [0.25, 0.3) is 0 Å². The fourth-order valence-corrected chi connectivity index (χ4v) is 3.85. The monoisotopic (exact) mass is 359 g/mol. The molecule has 1 aromatic rings. The van der Waals surface area contributed by atoms with Crippen LogP contribution < -0.4 is 14.4 Å². The topological polar surface area (TPSA) is 62.3 Å². The van der Waals surface area contributed by atoms with Gasteiger partial charge in [-0.15, -0.1) is 0 Å². The molecule has 0 spiro atoms. The fraction of sp³-hybridized carbons (Fsp3) is 0.579. The zero-order chi connectivity index (χ0) is 18.1. The van der Waals surface area contributed by atoms with Crippen molar-refractivity contribution >= 4 is 17.6 Å². The second-order valence-corrected chi connectivity index (χ2v) is 7.27. The molecule has 0 N–H and O–H groups in total. The van der Waals surface area contributed by atoms with Crippen molar-refractivity contribution in [2.45, 2.75) is 19.8 Å². The molecule has 140 valence electrons. The van der Waals surface area contributed by atoms with Gasteiger partial charge in [0.1, 0.15) is 19.8 Å². The van der Waals surface area contributed by atoms with Gasteiger partial charge >= 0.3 is 6.03 Å². The van der Waals surface area contributed by atoms with Gasteiger partial charge in [-0.25, -0.2) is 4.79 Å². The molecule has 3 amide bonds. The van der Waals surface area contributed by atoms with Gasteiger partial charge in [0.2, 0.25) is 5.91 Å². The molecule has 0 aliphatic carbocycles. The molecule has 4 rings (SSSR count). The van der Waals surface area contributed by atoms with Crippen LogP contribution in [0.25, 0.3) is 0 Å². The first-order chi connectivity index (χ1) is 12.6. The predicted molar refractivity (Wildman–Crippen MR) is 96.7 cm³/mol. The number of likely N-dealkylation sites (tertiary alicyclic amines) is 1. The molecular formula is C19H25N3O4. The van der Waals surface area contributed by atoms with Crippen LogP contribution in [-0.2, 0) is 4.79 Å². The number of hydrogen-bond acceptors (Lipinski definition) is 4. The molecule has 2 saturated heterocycles. The molecule has 0 bridgehead atoms. The standard InChI is InChI=1S/C19H25N3O4/c1-14-3-2-6-20(12-14)18(23)13-21-7-8-22(19(21)24)15-4-5-16-17(11-15)26-10-9-25-16/h4-5,11,14H,2-3,6-10,12-13H2,1H3/t14-/m1/s1. The van der Waals surface area contributed by atoms with E-state index in [-0.39, 0.29) is 18.5 Å². The van der Waals surface area contributed by atoms with Crippen LogP contribution >= 0.6 is 0 Å². The van der Waals surface area contributed by atoms with Crippen LogP contribution in [0.3, 0.4) is 0 Å². The first-order valence-corrected chi connectivity index (χ1v) is 9.35. The highest BCUT2D eigenvalue weighted by molar-refractivity contribution is 5.96.